The van der Waals surface area contributed by atoms with Crippen LogP contribution in [0.4, 0.5) is 0 Å². The lowest BCUT2D eigenvalue weighted by Gasteiger charge is -2.08. The Kier molecular flexibility index (Phi) is 3.55. The van der Waals surface area contributed by atoms with Gasteiger partial charge in [0.2, 0.25) is 5.91 Å². The highest BCUT2D eigenvalue weighted by molar-refractivity contribution is 5.81. The van der Waals surface area contributed by atoms with E-state index in [1.54, 1.807) is 0 Å². The standard InChI is InChI=1S/C8H13N3O/c9-4-2-6-11-8(12)7-3-1-5-10-7/h7,10H,1-3,5-6H2,(H,11,12)/t7-/m0/s1. The predicted molar refractivity (Wildman–Crippen MR) is 44.3 cm³/mol. The van der Waals surface area contributed by atoms with Gasteiger partial charge in [0.05, 0.1) is 18.5 Å². The zero-order valence-electron chi connectivity index (χ0n) is 6.97. The number of rotatable bonds is 3. The number of nitrogens with zero attached hydrogens (tertiary/aromatic N) is 1. The molecule has 0 bridgehead atoms. The topological polar surface area (TPSA) is 64.9 Å². The van der Waals surface area contributed by atoms with Crippen molar-refractivity contribution in [2.45, 2.75) is 25.3 Å². The van der Waals surface area contributed by atoms with Crippen LogP contribution in [0, 0.1) is 11.3 Å². The monoisotopic (exact) mass is 167 g/mol. The molecule has 4 heteroatoms. The summed E-state index contributed by atoms with van der Waals surface area (Å²) in [5, 5.41) is 14.0. The lowest BCUT2D eigenvalue weighted by Crippen LogP contribution is -2.40. The average molecular weight is 167 g/mol. The zero-order valence-corrected chi connectivity index (χ0v) is 6.97. The minimum atomic E-state index is -0.0244. The van der Waals surface area contributed by atoms with Crippen LogP contribution in [0.3, 0.4) is 0 Å². The van der Waals surface area contributed by atoms with Crippen LogP contribution in [0.25, 0.3) is 0 Å². The molecule has 1 rings (SSSR count). The van der Waals surface area contributed by atoms with E-state index in [4.69, 9.17) is 5.26 Å². The highest BCUT2D eigenvalue weighted by atomic mass is 16.2. The van der Waals surface area contributed by atoms with E-state index in [0.717, 1.165) is 19.4 Å². The van der Waals surface area contributed by atoms with Crippen LogP contribution in [0.1, 0.15) is 19.3 Å². The van der Waals surface area contributed by atoms with Crippen molar-refractivity contribution >= 4 is 5.91 Å². The van der Waals surface area contributed by atoms with Crippen LogP contribution in [0.5, 0.6) is 0 Å². The lowest BCUT2D eigenvalue weighted by molar-refractivity contribution is -0.122. The Bertz CT molecular complexity index is 191. The van der Waals surface area contributed by atoms with E-state index in [1.165, 1.54) is 0 Å². The van der Waals surface area contributed by atoms with Gasteiger partial charge in [0.1, 0.15) is 0 Å². The number of amides is 1. The Balaban J connectivity index is 2.15. The molecule has 1 amide bonds. The maximum atomic E-state index is 11.2. The molecule has 12 heavy (non-hydrogen) atoms. The van der Waals surface area contributed by atoms with Gasteiger partial charge in [-0.2, -0.15) is 5.26 Å². The summed E-state index contributed by atoms with van der Waals surface area (Å²) in [7, 11) is 0. The summed E-state index contributed by atoms with van der Waals surface area (Å²) in [5.41, 5.74) is 0. The quantitative estimate of drug-likeness (QED) is 0.570. The summed E-state index contributed by atoms with van der Waals surface area (Å²) in [5.74, 6) is 0.0303. The molecule has 0 aliphatic carbocycles. The Morgan fingerprint density at radius 2 is 2.58 bits per heavy atom. The summed E-state index contributed by atoms with van der Waals surface area (Å²) in [6, 6.07) is 1.95. The fourth-order valence-corrected chi connectivity index (χ4v) is 1.27. The van der Waals surface area contributed by atoms with E-state index in [2.05, 4.69) is 10.6 Å². The maximum Gasteiger partial charge on any atom is 0.237 e. The predicted octanol–water partition coefficient (Wildman–Crippen LogP) is -0.232. The molecule has 0 unspecified atom stereocenters. The van der Waals surface area contributed by atoms with E-state index in [-0.39, 0.29) is 11.9 Å². The second-order valence-electron chi connectivity index (χ2n) is 2.85. The van der Waals surface area contributed by atoms with Crippen molar-refractivity contribution in [1.29, 1.82) is 5.26 Å². The van der Waals surface area contributed by atoms with Crippen molar-refractivity contribution in [1.82, 2.24) is 10.6 Å². The third-order valence-corrected chi connectivity index (χ3v) is 1.91. The minimum absolute atomic E-state index is 0.0244. The Labute approximate surface area is 71.9 Å². The average Bonchev–Trinajstić information content (AvgIpc) is 2.56. The molecule has 4 nitrogen and oxygen atoms in total. The van der Waals surface area contributed by atoms with Crippen molar-refractivity contribution in [3.8, 4) is 6.07 Å². The molecule has 1 aliphatic rings. The lowest BCUT2D eigenvalue weighted by atomic mass is 10.2. The highest BCUT2D eigenvalue weighted by Gasteiger charge is 2.20. The number of hydrogen-bond acceptors (Lipinski definition) is 3. The van der Waals surface area contributed by atoms with Gasteiger partial charge in [-0.3, -0.25) is 4.79 Å². The Hall–Kier alpha value is -1.08. The van der Waals surface area contributed by atoms with Gasteiger partial charge in [-0.25, -0.2) is 0 Å². The van der Waals surface area contributed by atoms with Crippen LogP contribution >= 0.6 is 0 Å². The summed E-state index contributed by atoms with van der Waals surface area (Å²) in [4.78, 5) is 11.2. The van der Waals surface area contributed by atoms with Crippen LogP contribution in [0.2, 0.25) is 0 Å². The molecule has 0 aromatic rings. The van der Waals surface area contributed by atoms with E-state index in [0.29, 0.717) is 13.0 Å². The van der Waals surface area contributed by atoms with Gasteiger partial charge in [0, 0.05) is 6.54 Å². The summed E-state index contributed by atoms with van der Waals surface area (Å²) in [6.45, 7) is 1.39. The number of hydrogen-bond donors (Lipinski definition) is 2. The van der Waals surface area contributed by atoms with Gasteiger partial charge in [-0.1, -0.05) is 0 Å². The number of nitriles is 1. The van der Waals surface area contributed by atoms with Crippen LogP contribution < -0.4 is 10.6 Å². The van der Waals surface area contributed by atoms with Gasteiger partial charge in [-0.15, -0.1) is 0 Å². The van der Waals surface area contributed by atoms with Gasteiger partial charge >= 0.3 is 0 Å². The number of nitrogens with one attached hydrogen (secondary N) is 2. The first-order valence-corrected chi connectivity index (χ1v) is 4.22. The molecule has 1 saturated heterocycles. The second kappa shape index (κ2) is 4.73. The van der Waals surface area contributed by atoms with E-state index in [1.807, 2.05) is 6.07 Å². The normalized spacial score (nSPS) is 21.8. The molecule has 1 fully saturated rings. The highest BCUT2D eigenvalue weighted by Crippen LogP contribution is 2.03. The van der Waals surface area contributed by atoms with Crippen molar-refractivity contribution < 1.29 is 4.79 Å². The molecule has 66 valence electrons. The van der Waals surface area contributed by atoms with Gasteiger partial charge in [0.15, 0.2) is 0 Å². The molecule has 1 aliphatic heterocycles. The van der Waals surface area contributed by atoms with Crippen LogP contribution in [-0.4, -0.2) is 25.0 Å². The molecular weight excluding hydrogens is 154 g/mol. The summed E-state index contributed by atoms with van der Waals surface area (Å²) >= 11 is 0. The Morgan fingerprint density at radius 1 is 1.75 bits per heavy atom. The summed E-state index contributed by atoms with van der Waals surface area (Å²) in [6.07, 6.45) is 2.37. The van der Waals surface area contributed by atoms with Crippen molar-refractivity contribution in [2.75, 3.05) is 13.1 Å². The first-order valence-electron chi connectivity index (χ1n) is 4.22. The van der Waals surface area contributed by atoms with Crippen LogP contribution in [0.15, 0.2) is 0 Å². The fourth-order valence-electron chi connectivity index (χ4n) is 1.27. The number of carbonyl (C=O) groups excluding carboxylic acids is 1. The first-order chi connectivity index (χ1) is 5.84. The van der Waals surface area contributed by atoms with Gasteiger partial charge in [0.25, 0.3) is 0 Å². The van der Waals surface area contributed by atoms with Crippen molar-refractivity contribution in [3.63, 3.8) is 0 Å². The van der Waals surface area contributed by atoms with Crippen molar-refractivity contribution in [2.24, 2.45) is 0 Å². The Morgan fingerprint density at radius 3 is 3.17 bits per heavy atom. The molecule has 0 saturated carbocycles. The smallest absolute Gasteiger partial charge is 0.237 e. The fraction of sp³-hybridized carbons (Fsp3) is 0.750. The second-order valence-corrected chi connectivity index (χ2v) is 2.85. The SMILES string of the molecule is N#CCCNC(=O)[C@@H]1CCCN1. The minimum Gasteiger partial charge on any atom is -0.354 e. The van der Waals surface area contributed by atoms with Gasteiger partial charge < -0.3 is 10.6 Å². The van der Waals surface area contributed by atoms with Crippen molar-refractivity contribution in [3.05, 3.63) is 0 Å². The van der Waals surface area contributed by atoms with Crippen LogP contribution in [-0.2, 0) is 4.79 Å². The third-order valence-electron chi connectivity index (χ3n) is 1.91. The first kappa shape index (κ1) is 9.01. The van der Waals surface area contributed by atoms with E-state index in [9.17, 15) is 4.79 Å². The molecule has 2 N–H and O–H groups in total. The van der Waals surface area contributed by atoms with E-state index >= 15 is 0 Å². The molecular formula is C8H13N3O. The molecule has 1 atom stereocenters. The summed E-state index contributed by atoms with van der Waals surface area (Å²) < 4.78 is 0. The molecule has 0 aromatic heterocycles. The largest absolute Gasteiger partial charge is 0.354 e. The molecule has 1 heterocycles. The molecule has 0 spiro atoms. The molecule has 0 aromatic carbocycles. The van der Waals surface area contributed by atoms with Gasteiger partial charge in [-0.05, 0) is 19.4 Å². The zero-order chi connectivity index (χ0) is 8.81. The number of carbonyl (C=O) groups is 1. The molecule has 0 radical (unpaired) electrons. The van der Waals surface area contributed by atoms with E-state index < -0.39 is 0 Å². The maximum absolute atomic E-state index is 11.2. The third kappa shape index (κ3) is 2.51.